The van der Waals surface area contributed by atoms with Crippen molar-refractivity contribution < 1.29 is 0 Å². The topological polar surface area (TPSA) is 0 Å². The van der Waals surface area contributed by atoms with E-state index in [2.05, 4.69) is 46.9 Å². The van der Waals surface area contributed by atoms with E-state index in [0.29, 0.717) is 0 Å². The molecule has 0 radical (unpaired) electrons. The Balaban J connectivity index is 2.34. The van der Waals surface area contributed by atoms with E-state index in [1.165, 1.54) is 10.8 Å². The molecule has 0 spiro atoms. The minimum Gasteiger partial charge on any atom is -0.0857 e. The maximum atomic E-state index is 2.46. The van der Waals surface area contributed by atoms with Gasteiger partial charge in [-0.1, -0.05) is 46.9 Å². The van der Waals surface area contributed by atoms with Crippen LogP contribution in [0.25, 0.3) is 0 Å². The van der Waals surface area contributed by atoms with Crippen LogP contribution in [-0.4, -0.2) is 4.43 Å². The van der Waals surface area contributed by atoms with E-state index in [0.717, 1.165) is 5.92 Å². The van der Waals surface area contributed by atoms with Crippen molar-refractivity contribution in [2.24, 2.45) is 0 Å². The molecule has 1 unspecified atom stereocenters. The molecule has 0 aliphatic heterocycles. The summed E-state index contributed by atoms with van der Waals surface area (Å²) in [4.78, 5) is 0. The van der Waals surface area contributed by atoms with Crippen LogP contribution >= 0.6 is 22.6 Å². The fraction of sp³-hybridized carbons (Fsp3) is 0.333. The van der Waals surface area contributed by atoms with Gasteiger partial charge in [-0.3, -0.25) is 0 Å². The molecule has 0 fully saturated rings. The second-order valence-corrected chi connectivity index (χ2v) is 3.63. The van der Waals surface area contributed by atoms with Crippen molar-refractivity contribution in [2.45, 2.75) is 12.3 Å². The summed E-state index contributed by atoms with van der Waals surface area (Å²) in [6, 6.07) is 8.75. The number of halogens is 1. The second kappa shape index (κ2) is 2.53. The van der Waals surface area contributed by atoms with Crippen molar-refractivity contribution in [3.8, 4) is 0 Å². The lowest BCUT2D eigenvalue weighted by atomic mass is 9.79. The summed E-state index contributed by atoms with van der Waals surface area (Å²) >= 11 is 2.46. The van der Waals surface area contributed by atoms with Crippen LogP contribution in [0.4, 0.5) is 0 Å². The maximum Gasteiger partial charge on any atom is 0.00675 e. The average molecular weight is 244 g/mol. The summed E-state index contributed by atoms with van der Waals surface area (Å²) in [7, 11) is 0. The molecule has 0 nitrogen and oxygen atoms in total. The van der Waals surface area contributed by atoms with Gasteiger partial charge in [-0.05, 0) is 23.5 Å². The van der Waals surface area contributed by atoms with Crippen molar-refractivity contribution in [1.82, 2.24) is 0 Å². The van der Waals surface area contributed by atoms with E-state index in [9.17, 15) is 0 Å². The van der Waals surface area contributed by atoms with Gasteiger partial charge in [0, 0.05) is 4.43 Å². The minimum atomic E-state index is 0.858. The number of rotatable bonds is 1. The first-order chi connectivity index (χ1) is 4.92. The fourth-order valence-electron chi connectivity index (χ4n) is 1.50. The third-order valence-electron chi connectivity index (χ3n) is 2.15. The Bertz CT molecular complexity index is 242. The first kappa shape index (κ1) is 6.65. The van der Waals surface area contributed by atoms with E-state index in [-0.39, 0.29) is 0 Å². The van der Waals surface area contributed by atoms with Crippen LogP contribution in [0, 0.1) is 0 Å². The van der Waals surface area contributed by atoms with E-state index >= 15 is 0 Å². The van der Waals surface area contributed by atoms with Gasteiger partial charge in [0.2, 0.25) is 0 Å². The van der Waals surface area contributed by atoms with E-state index < -0.39 is 0 Å². The Labute approximate surface area is 74.8 Å². The second-order valence-electron chi connectivity index (χ2n) is 2.75. The van der Waals surface area contributed by atoms with Gasteiger partial charge in [-0.15, -0.1) is 0 Å². The molecule has 0 N–H and O–H groups in total. The molecule has 0 bridgehead atoms. The highest BCUT2D eigenvalue weighted by atomic mass is 127. The average Bonchev–Trinajstić information content (AvgIpc) is 1.92. The predicted molar refractivity (Wildman–Crippen MR) is 51.8 cm³/mol. The lowest BCUT2D eigenvalue weighted by Crippen LogP contribution is -2.17. The first-order valence-electron chi connectivity index (χ1n) is 3.55. The Morgan fingerprint density at radius 3 is 2.90 bits per heavy atom. The van der Waals surface area contributed by atoms with Crippen molar-refractivity contribution in [1.29, 1.82) is 0 Å². The molecule has 1 aliphatic rings. The summed E-state index contributed by atoms with van der Waals surface area (Å²) in [6.07, 6.45) is 1.30. The van der Waals surface area contributed by atoms with Gasteiger partial charge < -0.3 is 0 Å². The third kappa shape index (κ3) is 0.875. The summed E-state index contributed by atoms with van der Waals surface area (Å²) < 4.78 is 1.27. The van der Waals surface area contributed by atoms with Gasteiger partial charge >= 0.3 is 0 Å². The van der Waals surface area contributed by atoms with Crippen LogP contribution in [-0.2, 0) is 6.42 Å². The largest absolute Gasteiger partial charge is 0.0857 e. The standard InChI is InChI=1S/C9H9I/c10-6-8-5-7-3-1-2-4-9(7)8/h1-4,8H,5-6H2. The number of hydrogen-bond acceptors (Lipinski definition) is 0. The van der Waals surface area contributed by atoms with Crippen LogP contribution in [0.15, 0.2) is 24.3 Å². The van der Waals surface area contributed by atoms with Crippen molar-refractivity contribution in [3.05, 3.63) is 35.4 Å². The molecular weight excluding hydrogens is 235 g/mol. The Morgan fingerprint density at radius 1 is 1.40 bits per heavy atom. The maximum absolute atomic E-state index is 2.46. The molecule has 1 atom stereocenters. The fourth-order valence-corrected chi connectivity index (χ4v) is 2.29. The van der Waals surface area contributed by atoms with Gasteiger partial charge in [0.1, 0.15) is 0 Å². The summed E-state index contributed by atoms with van der Waals surface area (Å²) in [5.41, 5.74) is 3.14. The van der Waals surface area contributed by atoms with Crippen LogP contribution in [0.1, 0.15) is 17.0 Å². The Kier molecular flexibility index (Phi) is 1.68. The SMILES string of the molecule is ICC1Cc2ccccc21. The zero-order chi connectivity index (χ0) is 6.97. The highest BCUT2D eigenvalue weighted by molar-refractivity contribution is 14.1. The Hall–Kier alpha value is -0.0500. The van der Waals surface area contributed by atoms with E-state index in [1.54, 1.807) is 11.1 Å². The van der Waals surface area contributed by atoms with Crippen LogP contribution in [0.2, 0.25) is 0 Å². The quantitative estimate of drug-likeness (QED) is 0.526. The molecule has 0 saturated heterocycles. The van der Waals surface area contributed by atoms with Gasteiger partial charge in [0.15, 0.2) is 0 Å². The van der Waals surface area contributed by atoms with Gasteiger partial charge in [-0.2, -0.15) is 0 Å². The first-order valence-corrected chi connectivity index (χ1v) is 5.08. The summed E-state index contributed by atoms with van der Waals surface area (Å²) in [5.74, 6) is 0.858. The molecule has 0 amide bonds. The molecular formula is C9H9I. The molecule has 1 aromatic carbocycles. The minimum absolute atomic E-state index is 0.858. The lowest BCUT2D eigenvalue weighted by Gasteiger charge is -2.28. The summed E-state index contributed by atoms with van der Waals surface area (Å²) in [5, 5.41) is 0. The molecule has 1 aliphatic carbocycles. The predicted octanol–water partition coefficient (Wildman–Crippen LogP) is 2.76. The van der Waals surface area contributed by atoms with Gasteiger partial charge in [0.25, 0.3) is 0 Å². The summed E-state index contributed by atoms with van der Waals surface area (Å²) in [6.45, 7) is 0. The highest BCUT2D eigenvalue weighted by Gasteiger charge is 2.23. The molecule has 1 aromatic rings. The smallest absolute Gasteiger partial charge is 0.00675 e. The lowest BCUT2D eigenvalue weighted by molar-refractivity contribution is 0.686. The van der Waals surface area contributed by atoms with Crippen LogP contribution in [0.5, 0.6) is 0 Å². The number of fused-ring (bicyclic) bond motifs is 1. The number of hydrogen-bond donors (Lipinski definition) is 0. The van der Waals surface area contributed by atoms with Gasteiger partial charge in [0.05, 0.1) is 0 Å². The van der Waals surface area contributed by atoms with Crippen molar-refractivity contribution >= 4 is 22.6 Å². The number of alkyl halides is 1. The normalized spacial score (nSPS) is 21.5. The molecule has 0 aromatic heterocycles. The van der Waals surface area contributed by atoms with E-state index in [1.807, 2.05) is 0 Å². The molecule has 52 valence electrons. The molecule has 0 saturated carbocycles. The van der Waals surface area contributed by atoms with Crippen molar-refractivity contribution in [3.63, 3.8) is 0 Å². The Morgan fingerprint density at radius 2 is 2.20 bits per heavy atom. The molecule has 2 rings (SSSR count). The molecule has 10 heavy (non-hydrogen) atoms. The zero-order valence-corrected chi connectivity index (χ0v) is 7.84. The molecule has 0 heterocycles. The highest BCUT2D eigenvalue weighted by Crippen LogP contribution is 2.35. The van der Waals surface area contributed by atoms with E-state index in [4.69, 9.17) is 0 Å². The van der Waals surface area contributed by atoms with Crippen LogP contribution in [0.3, 0.4) is 0 Å². The number of benzene rings is 1. The van der Waals surface area contributed by atoms with Gasteiger partial charge in [-0.25, -0.2) is 0 Å². The zero-order valence-electron chi connectivity index (χ0n) is 5.68. The monoisotopic (exact) mass is 244 g/mol. The molecule has 1 heteroatoms. The van der Waals surface area contributed by atoms with Crippen LogP contribution < -0.4 is 0 Å². The van der Waals surface area contributed by atoms with Crippen molar-refractivity contribution in [2.75, 3.05) is 4.43 Å². The third-order valence-corrected chi connectivity index (χ3v) is 3.21.